The van der Waals surface area contributed by atoms with Crippen molar-refractivity contribution in [2.45, 2.75) is 57.5 Å². The molecule has 2 fully saturated rings. The van der Waals surface area contributed by atoms with Crippen molar-refractivity contribution in [2.24, 2.45) is 5.92 Å². The molecule has 1 aliphatic heterocycles. The molecule has 15 heavy (non-hydrogen) atoms. The van der Waals surface area contributed by atoms with E-state index < -0.39 is 11.5 Å². The summed E-state index contributed by atoms with van der Waals surface area (Å²) in [5.41, 5.74) is -0.583. The molecule has 1 saturated carbocycles. The highest BCUT2D eigenvalue weighted by molar-refractivity contribution is 5.78. The SMILES string of the molecule is CCC(CC)(C(=O)O)N1CC2CCC1C2. The minimum atomic E-state index is -0.625. The predicted octanol–water partition coefficient (Wildman–Crippen LogP) is 2.11. The third kappa shape index (κ3) is 1.48. The summed E-state index contributed by atoms with van der Waals surface area (Å²) in [6, 6.07) is 0.547. The van der Waals surface area contributed by atoms with E-state index in [0.29, 0.717) is 6.04 Å². The van der Waals surface area contributed by atoms with Gasteiger partial charge in [0.05, 0.1) is 0 Å². The number of carboxylic acid groups (broad SMARTS) is 1. The van der Waals surface area contributed by atoms with E-state index in [-0.39, 0.29) is 0 Å². The van der Waals surface area contributed by atoms with Crippen LogP contribution in [0.5, 0.6) is 0 Å². The van der Waals surface area contributed by atoms with Gasteiger partial charge in [0.1, 0.15) is 5.54 Å². The summed E-state index contributed by atoms with van der Waals surface area (Å²) >= 11 is 0. The van der Waals surface area contributed by atoms with Crippen LogP contribution in [-0.4, -0.2) is 34.1 Å². The fourth-order valence-electron chi connectivity index (χ4n) is 3.53. The maximum Gasteiger partial charge on any atom is 0.324 e. The first kappa shape index (κ1) is 10.9. The molecular formula is C12H21NO2. The van der Waals surface area contributed by atoms with Crippen molar-refractivity contribution in [3.05, 3.63) is 0 Å². The summed E-state index contributed by atoms with van der Waals surface area (Å²) < 4.78 is 0. The zero-order chi connectivity index (χ0) is 11.1. The van der Waals surface area contributed by atoms with E-state index >= 15 is 0 Å². The Kier molecular flexibility index (Phi) is 2.75. The first-order valence-electron chi connectivity index (χ1n) is 6.14. The van der Waals surface area contributed by atoms with Crippen LogP contribution in [0.4, 0.5) is 0 Å². The van der Waals surface area contributed by atoms with E-state index in [1.807, 2.05) is 13.8 Å². The zero-order valence-electron chi connectivity index (χ0n) is 9.70. The van der Waals surface area contributed by atoms with E-state index in [1.54, 1.807) is 0 Å². The Bertz CT molecular complexity index is 260. The molecule has 2 aliphatic rings. The first-order valence-corrected chi connectivity index (χ1v) is 6.14. The lowest BCUT2D eigenvalue weighted by atomic mass is 9.88. The molecule has 2 bridgehead atoms. The van der Waals surface area contributed by atoms with Crippen LogP contribution >= 0.6 is 0 Å². The van der Waals surface area contributed by atoms with Crippen LogP contribution in [0.1, 0.15) is 46.0 Å². The molecule has 0 radical (unpaired) electrons. The summed E-state index contributed by atoms with van der Waals surface area (Å²) in [6.07, 6.45) is 5.20. The average Bonchev–Trinajstić information content (AvgIpc) is 2.82. The molecule has 0 aromatic rings. The fraction of sp³-hybridized carbons (Fsp3) is 0.917. The van der Waals surface area contributed by atoms with E-state index in [9.17, 15) is 9.90 Å². The standard InChI is InChI=1S/C12H21NO2/c1-3-12(4-2,11(14)15)13-8-9-5-6-10(13)7-9/h9-10H,3-8H2,1-2H3,(H,14,15). The van der Waals surface area contributed by atoms with Crippen molar-refractivity contribution in [3.63, 3.8) is 0 Å². The third-order valence-electron chi connectivity index (χ3n) is 4.53. The van der Waals surface area contributed by atoms with Crippen molar-refractivity contribution in [3.8, 4) is 0 Å². The number of nitrogens with zero attached hydrogens (tertiary/aromatic N) is 1. The molecule has 86 valence electrons. The molecule has 0 spiro atoms. The highest BCUT2D eigenvalue weighted by Crippen LogP contribution is 2.43. The molecule has 2 unspecified atom stereocenters. The third-order valence-corrected chi connectivity index (χ3v) is 4.53. The van der Waals surface area contributed by atoms with Crippen LogP contribution in [0.2, 0.25) is 0 Å². The molecule has 0 aromatic heterocycles. The van der Waals surface area contributed by atoms with Crippen molar-refractivity contribution in [1.82, 2.24) is 4.90 Å². The van der Waals surface area contributed by atoms with E-state index in [1.165, 1.54) is 19.3 Å². The summed E-state index contributed by atoms with van der Waals surface area (Å²) in [7, 11) is 0. The Balaban J connectivity index is 2.22. The highest BCUT2D eigenvalue weighted by atomic mass is 16.4. The molecule has 1 N–H and O–H groups in total. The number of hydrogen-bond acceptors (Lipinski definition) is 2. The van der Waals surface area contributed by atoms with Gasteiger partial charge in [0.2, 0.25) is 0 Å². The van der Waals surface area contributed by atoms with Gasteiger partial charge >= 0.3 is 5.97 Å². The number of rotatable bonds is 4. The number of piperidine rings is 1. The van der Waals surface area contributed by atoms with E-state index in [0.717, 1.165) is 25.3 Å². The summed E-state index contributed by atoms with van der Waals surface area (Å²) in [6.45, 7) is 5.02. The molecule has 3 heteroatoms. The lowest BCUT2D eigenvalue weighted by Gasteiger charge is -2.42. The zero-order valence-corrected chi connectivity index (χ0v) is 9.70. The molecule has 0 aromatic carbocycles. The van der Waals surface area contributed by atoms with Gasteiger partial charge in [-0.05, 0) is 38.0 Å². The molecule has 2 rings (SSSR count). The maximum absolute atomic E-state index is 11.5. The largest absolute Gasteiger partial charge is 0.480 e. The lowest BCUT2D eigenvalue weighted by molar-refractivity contribution is -0.154. The molecule has 2 atom stereocenters. The van der Waals surface area contributed by atoms with Crippen LogP contribution in [0.25, 0.3) is 0 Å². The Morgan fingerprint density at radius 1 is 1.40 bits per heavy atom. The average molecular weight is 211 g/mol. The molecule has 3 nitrogen and oxygen atoms in total. The number of carbonyl (C=O) groups is 1. The molecule has 1 saturated heterocycles. The lowest BCUT2D eigenvalue weighted by Crippen LogP contribution is -2.56. The van der Waals surface area contributed by atoms with Gasteiger partial charge in [0, 0.05) is 12.6 Å². The van der Waals surface area contributed by atoms with Crippen LogP contribution < -0.4 is 0 Å². The summed E-state index contributed by atoms with van der Waals surface area (Å²) in [5.74, 6) is 0.145. The maximum atomic E-state index is 11.5. The Labute approximate surface area is 91.5 Å². The number of likely N-dealkylation sites (tertiary alicyclic amines) is 1. The van der Waals surface area contributed by atoms with Crippen molar-refractivity contribution < 1.29 is 9.90 Å². The summed E-state index contributed by atoms with van der Waals surface area (Å²) in [4.78, 5) is 13.8. The van der Waals surface area contributed by atoms with Gasteiger partial charge < -0.3 is 5.11 Å². The Morgan fingerprint density at radius 3 is 2.40 bits per heavy atom. The van der Waals surface area contributed by atoms with Crippen LogP contribution in [0, 0.1) is 5.92 Å². The second-order valence-electron chi connectivity index (χ2n) is 5.03. The van der Waals surface area contributed by atoms with Gasteiger partial charge in [-0.15, -0.1) is 0 Å². The van der Waals surface area contributed by atoms with Crippen LogP contribution in [-0.2, 0) is 4.79 Å². The van der Waals surface area contributed by atoms with Gasteiger partial charge in [0.15, 0.2) is 0 Å². The highest BCUT2D eigenvalue weighted by Gasteiger charge is 2.50. The van der Waals surface area contributed by atoms with Crippen LogP contribution in [0.15, 0.2) is 0 Å². The van der Waals surface area contributed by atoms with Gasteiger partial charge in [0.25, 0.3) is 0 Å². The van der Waals surface area contributed by atoms with Gasteiger partial charge in [-0.1, -0.05) is 13.8 Å². The van der Waals surface area contributed by atoms with Crippen molar-refractivity contribution in [2.75, 3.05) is 6.54 Å². The minimum absolute atomic E-state index is 0.547. The topological polar surface area (TPSA) is 40.5 Å². The number of carboxylic acids is 1. The quantitative estimate of drug-likeness (QED) is 0.774. The second kappa shape index (κ2) is 3.78. The molecule has 1 heterocycles. The first-order chi connectivity index (χ1) is 7.14. The van der Waals surface area contributed by atoms with E-state index in [4.69, 9.17) is 0 Å². The van der Waals surface area contributed by atoms with E-state index in [2.05, 4.69) is 4.90 Å². The fourth-order valence-corrected chi connectivity index (χ4v) is 3.53. The molecular weight excluding hydrogens is 190 g/mol. The van der Waals surface area contributed by atoms with Crippen molar-refractivity contribution >= 4 is 5.97 Å². The number of fused-ring (bicyclic) bond motifs is 2. The molecule has 1 aliphatic carbocycles. The minimum Gasteiger partial charge on any atom is -0.480 e. The Hall–Kier alpha value is -0.570. The van der Waals surface area contributed by atoms with Gasteiger partial charge in [-0.2, -0.15) is 0 Å². The molecule has 0 amide bonds. The monoisotopic (exact) mass is 211 g/mol. The summed E-state index contributed by atoms with van der Waals surface area (Å²) in [5, 5.41) is 9.47. The smallest absolute Gasteiger partial charge is 0.324 e. The second-order valence-corrected chi connectivity index (χ2v) is 5.03. The van der Waals surface area contributed by atoms with Gasteiger partial charge in [-0.25, -0.2) is 0 Å². The van der Waals surface area contributed by atoms with Gasteiger partial charge in [-0.3, -0.25) is 9.69 Å². The number of aliphatic carboxylic acids is 1. The normalized spacial score (nSPS) is 31.1. The van der Waals surface area contributed by atoms with Crippen molar-refractivity contribution in [1.29, 1.82) is 0 Å². The van der Waals surface area contributed by atoms with Crippen LogP contribution in [0.3, 0.4) is 0 Å². The predicted molar refractivity (Wildman–Crippen MR) is 58.8 cm³/mol. The Morgan fingerprint density at radius 2 is 2.07 bits per heavy atom. The number of hydrogen-bond donors (Lipinski definition) is 1.